The van der Waals surface area contributed by atoms with Crippen LogP contribution in [0.1, 0.15) is 27.2 Å². The van der Waals surface area contributed by atoms with Crippen LogP contribution in [0.2, 0.25) is 0 Å². The van der Waals surface area contributed by atoms with E-state index in [0.717, 1.165) is 0 Å². The molecule has 6 heteroatoms. The van der Waals surface area contributed by atoms with E-state index in [-0.39, 0.29) is 5.92 Å². The summed E-state index contributed by atoms with van der Waals surface area (Å²) < 4.78 is 15.1. The third-order valence-corrected chi connectivity index (χ3v) is 2.89. The van der Waals surface area contributed by atoms with Gasteiger partial charge in [0, 0.05) is 19.6 Å². The van der Waals surface area contributed by atoms with Gasteiger partial charge < -0.3 is 14.2 Å². The van der Waals surface area contributed by atoms with Crippen molar-refractivity contribution in [2.45, 2.75) is 38.8 Å². The van der Waals surface area contributed by atoms with Crippen LogP contribution in [0.15, 0.2) is 0 Å². The number of ether oxygens (including phenoxy) is 3. The van der Waals surface area contributed by atoms with E-state index < -0.39 is 23.7 Å². The Hall–Kier alpha value is -1.30. The van der Waals surface area contributed by atoms with Crippen molar-refractivity contribution in [2.24, 2.45) is 5.92 Å². The third kappa shape index (κ3) is 4.38. The van der Waals surface area contributed by atoms with Crippen molar-refractivity contribution in [2.75, 3.05) is 27.4 Å². The first-order valence-electron chi connectivity index (χ1n) is 6.35. The summed E-state index contributed by atoms with van der Waals surface area (Å²) in [5.74, 6) is -0.286. The van der Waals surface area contributed by atoms with Gasteiger partial charge in [0.2, 0.25) is 0 Å². The molecule has 0 saturated carbocycles. The average Bonchev–Trinajstić information content (AvgIpc) is 2.70. The number of hydrogen-bond donors (Lipinski definition) is 0. The summed E-state index contributed by atoms with van der Waals surface area (Å²) >= 11 is 0. The number of rotatable bonds is 3. The zero-order valence-electron chi connectivity index (χ0n) is 12.3. The zero-order chi connectivity index (χ0) is 14.6. The highest BCUT2D eigenvalue weighted by atomic mass is 16.6. The van der Waals surface area contributed by atoms with Gasteiger partial charge in [0.05, 0.1) is 13.7 Å². The molecular formula is C13H23NO5. The van der Waals surface area contributed by atoms with Gasteiger partial charge >= 0.3 is 12.1 Å². The molecule has 1 saturated heterocycles. The van der Waals surface area contributed by atoms with E-state index in [9.17, 15) is 9.59 Å². The van der Waals surface area contributed by atoms with Crippen LogP contribution in [0.3, 0.4) is 0 Å². The van der Waals surface area contributed by atoms with Crippen molar-refractivity contribution in [3.8, 4) is 0 Å². The Bertz CT molecular complexity index is 336. The molecule has 0 radical (unpaired) electrons. The molecule has 0 N–H and O–H groups in total. The second-order valence-electron chi connectivity index (χ2n) is 5.73. The maximum Gasteiger partial charge on any atom is 0.411 e. The second kappa shape index (κ2) is 6.23. The molecule has 1 rings (SSSR count). The number of carbonyl (C=O) groups is 2. The van der Waals surface area contributed by atoms with Gasteiger partial charge in [-0.25, -0.2) is 9.59 Å². The van der Waals surface area contributed by atoms with E-state index in [0.29, 0.717) is 19.6 Å². The Morgan fingerprint density at radius 2 is 1.89 bits per heavy atom. The first kappa shape index (κ1) is 15.8. The van der Waals surface area contributed by atoms with Crippen molar-refractivity contribution in [3.05, 3.63) is 0 Å². The lowest BCUT2D eigenvalue weighted by molar-refractivity contribution is -0.145. The Labute approximate surface area is 114 Å². The lowest BCUT2D eigenvalue weighted by Crippen LogP contribution is -2.43. The quantitative estimate of drug-likeness (QED) is 0.728. The molecule has 110 valence electrons. The molecule has 19 heavy (non-hydrogen) atoms. The predicted octanol–water partition coefficient (Wildman–Crippen LogP) is 1.43. The van der Waals surface area contributed by atoms with Crippen LogP contribution in [0.25, 0.3) is 0 Å². The summed E-state index contributed by atoms with van der Waals surface area (Å²) in [4.78, 5) is 25.3. The van der Waals surface area contributed by atoms with E-state index >= 15 is 0 Å². The molecule has 0 aromatic heterocycles. The maximum absolute atomic E-state index is 12.1. The number of nitrogens with zero attached hydrogens (tertiary/aromatic N) is 1. The summed E-state index contributed by atoms with van der Waals surface area (Å²) in [6, 6.07) is -0.583. The molecule has 1 unspecified atom stereocenters. The molecule has 0 spiro atoms. The fourth-order valence-electron chi connectivity index (χ4n) is 2.16. The van der Waals surface area contributed by atoms with Crippen molar-refractivity contribution >= 4 is 12.1 Å². The highest BCUT2D eigenvalue weighted by Crippen LogP contribution is 2.26. The normalized spacial score (nSPS) is 23.3. The van der Waals surface area contributed by atoms with E-state index in [2.05, 4.69) is 0 Å². The summed E-state index contributed by atoms with van der Waals surface area (Å²) in [5, 5.41) is 0. The zero-order valence-corrected chi connectivity index (χ0v) is 12.3. The predicted molar refractivity (Wildman–Crippen MR) is 68.7 cm³/mol. The van der Waals surface area contributed by atoms with Crippen molar-refractivity contribution < 1.29 is 23.8 Å². The second-order valence-corrected chi connectivity index (χ2v) is 5.73. The summed E-state index contributed by atoms with van der Waals surface area (Å²) in [7, 11) is 2.92. The fourth-order valence-corrected chi connectivity index (χ4v) is 2.16. The number of esters is 1. The van der Waals surface area contributed by atoms with Gasteiger partial charge in [0.25, 0.3) is 0 Å². The van der Waals surface area contributed by atoms with Crippen LogP contribution in [-0.4, -0.2) is 56.0 Å². The van der Waals surface area contributed by atoms with Crippen LogP contribution < -0.4 is 0 Å². The molecule has 0 aromatic carbocycles. The standard InChI is InChI=1S/C13H23NO5/c1-13(2,3)19-12(16)14-7-9(8-17-4)6-10(14)11(15)18-5/h9-10H,6-8H2,1-5H3/t9?,10-/m0/s1. The number of likely N-dealkylation sites (tertiary alicyclic amines) is 1. The van der Waals surface area contributed by atoms with Crippen LogP contribution in [0, 0.1) is 5.92 Å². The number of amides is 1. The van der Waals surface area contributed by atoms with Crippen molar-refractivity contribution in [1.29, 1.82) is 0 Å². The molecular weight excluding hydrogens is 250 g/mol. The van der Waals surface area contributed by atoms with Gasteiger partial charge in [-0.15, -0.1) is 0 Å². The SMILES string of the molecule is COCC1C[C@@H](C(=O)OC)N(C(=O)OC(C)(C)C)C1. The van der Waals surface area contributed by atoms with Gasteiger partial charge in [0.15, 0.2) is 0 Å². The highest BCUT2D eigenvalue weighted by Gasteiger charge is 2.42. The Morgan fingerprint density at radius 1 is 1.26 bits per heavy atom. The van der Waals surface area contributed by atoms with E-state index in [1.165, 1.54) is 12.0 Å². The van der Waals surface area contributed by atoms with E-state index in [4.69, 9.17) is 14.2 Å². The maximum atomic E-state index is 12.1. The van der Waals surface area contributed by atoms with Gasteiger partial charge in [0.1, 0.15) is 11.6 Å². The summed E-state index contributed by atoms with van der Waals surface area (Å²) in [6.45, 7) is 6.33. The molecule has 1 amide bonds. The van der Waals surface area contributed by atoms with Crippen molar-refractivity contribution in [1.82, 2.24) is 4.90 Å². The minimum Gasteiger partial charge on any atom is -0.467 e. The summed E-state index contributed by atoms with van der Waals surface area (Å²) in [5.41, 5.74) is -0.586. The molecule has 1 heterocycles. The summed E-state index contributed by atoms with van der Waals surface area (Å²) in [6.07, 6.45) is 0.0567. The monoisotopic (exact) mass is 273 g/mol. The Balaban J connectivity index is 2.76. The topological polar surface area (TPSA) is 65.1 Å². The molecule has 0 aliphatic carbocycles. The van der Waals surface area contributed by atoms with Gasteiger partial charge in [-0.05, 0) is 27.2 Å². The molecule has 1 aliphatic rings. The van der Waals surface area contributed by atoms with Crippen LogP contribution in [0.5, 0.6) is 0 Å². The molecule has 2 atom stereocenters. The largest absolute Gasteiger partial charge is 0.467 e. The van der Waals surface area contributed by atoms with Crippen molar-refractivity contribution in [3.63, 3.8) is 0 Å². The van der Waals surface area contributed by atoms with Gasteiger partial charge in [-0.2, -0.15) is 0 Å². The fraction of sp³-hybridized carbons (Fsp3) is 0.846. The molecule has 1 fully saturated rings. The molecule has 1 aliphatic heterocycles. The average molecular weight is 273 g/mol. The molecule has 0 aromatic rings. The Kier molecular flexibility index (Phi) is 5.17. The van der Waals surface area contributed by atoms with E-state index in [1.54, 1.807) is 27.9 Å². The van der Waals surface area contributed by atoms with Gasteiger partial charge in [-0.1, -0.05) is 0 Å². The lowest BCUT2D eigenvalue weighted by Gasteiger charge is -2.27. The Morgan fingerprint density at radius 3 is 2.37 bits per heavy atom. The number of carbonyl (C=O) groups excluding carboxylic acids is 2. The van der Waals surface area contributed by atoms with Gasteiger partial charge in [-0.3, -0.25) is 4.90 Å². The first-order chi connectivity index (χ1) is 8.78. The highest BCUT2D eigenvalue weighted by molar-refractivity contribution is 5.82. The van der Waals surface area contributed by atoms with Crippen LogP contribution in [-0.2, 0) is 19.0 Å². The minimum atomic E-state index is -0.586. The number of hydrogen-bond acceptors (Lipinski definition) is 5. The molecule has 6 nitrogen and oxygen atoms in total. The number of methoxy groups -OCH3 is 2. The first-order valence-corrected chi connectivity index (χ1v) is 6.35. The van der Waals surface area contributed by atoms with Crippen LogP contribution >= 0.6 is 0 Å². The van der Waals surface area contributed by atoms with Crippen LogP contribution in [0.4, 0.5) is 4.79 Å². The third-order valence-electron chi connectivity index (χ3n) is 2.89. The lowest BCUT2D eigenvalue weighted by atomic mass is 10.1. The smallest absolute Gasteiger partial charge is 0.411 e. The van der Waals surface area contributed by atoms with E-state index in [1.807, 2.05) is 0 Å². The minimum absolute atomic E-state index is 0.126. The molecule has 0 bridgehead atoms.